The third-order valence-corrected chi connectivity index (χ3v) is 4.74. The lowest BCUT2D eigenvalue weighted by Crippen LogP contribution is -2.40. The highest BCUT2D eigenvalue weighted by atomic mass is 19.3. The quantitative estimate of drug-likeness (QED) is 0.799. The maximum atomic E-state index is 13.1. The van der Waals surface area contributed by atoms with Gasteiger partial charge >= 0.3 is 0 Å². The summed E-state index contributed by atoms with van der Waals surface area (Å²) < 4.78 is 27.3. The van der Waals surface area contributed by atoms with E-state index in [2.05, 4.69) is 38.9 Å². The molecular formula is C17H26F2N6. The van der Waals surface area contributed by atoms with Crippen LogP contribution in [-0.2, 0) is 0 Å². The fourth-order valence-electron chi connectivity index (χ4n) is 3.33. The second-order valence-corrected chi connectivity index (χ2v) is 6.86. The fourth-order valence-corrected chi connectivity index (χ4v) is 3.33. The molecule has 2 aromatic rings. The second-order valence-electron chi connectivity index (χ2n) is 6.86. The summed E-state index contributed by atoms with van der Waals surface area (Å²) in [6, 6.07) is 3.76. The SMILES string of the molecule is CC(C)N(CCN1CCCCCC1)c1ccc2nnc(C(F)F)n2n1. The molecule has 138 valence electrons. The van der Waals surface area contributed by atoms with Crippen molar-refractivity contribution in [3.8, 4) is 0 Å². The lowest BCUT2D eigenvalue weighted by molar-refractivity contribution is 0.137. The Morgan fingerprint density at radius 3 is 2.44 bits per heavy atom. The Morgan fingerprint density at radius 1 is 1.08 bits per heavy atom. The Hall–Kier alpha value is -1.83. The van der Waals surface area contributed by atoms with Crippen molar-refractivity contribution in [1.29, 1.82) is 0 Å². The molecule has 1 saturated heterocycles. The molecule has 1 fully saturated rings. The first-order chi connectivity index (χ1) is 12.1. The molecule has 0 atom stereocenters. The highest BCUT2D eigenvalue weighted by Gasteiger charge is 2.20. The Morgan fingerprint density at radius 2 is 1.80 bits per heavy atom. The zero-order valence-corrected chi connectivity index (χ0v) is 14.9. The third kappa shape index (κ3) is 4.23. The number of likely N-dealkylation sites (tertiary alicyclic amines) is 1. The first-order valence-corrected chi connectivity index (χ1v) is 9.06. The van der Waals surface area contributed by atoms with Crippen molar-refractivity contribution in [1.82, 2.24) is 24.7 Å². The van der Waals surface area contributed by atoms with E-state index in [1.807, 2.05) is 6.07 Å². The van der Waals surface area contributed by atoms with E-state index in [-0.39, 0.29) is 6.04 Å². The number of halogens is 2. The van der Waals surface area contributed by atoms with Crippen LogP contribution in [0.5, 0.6) is 0 Å². The van der Waals surface area contributed by atoms with Crippen molar-refractivity contribution in [2.45, 2.75) is 52.0 Å². The van der Waals surface area contributed by atoms with Gasteiger partial charge in [0.2, 0.25) is 5.82 Å². The number of fused-ring (bicyclic) bond motifs is 1. The number of hydrogen-bond donors (Lipinski definition) is 0. The molecule has 3 rings (SSSR count). The average Bonchev–Trinajstić information content (AvgIpc) is 2.83. The van der Waals surface area contributed by atoms with Gasteiger partial charge in [0.1, 0.15) is 5.82 Å². The van der Waals surface area contributed by atoms with Crippen molar-refractivity contribution in [3.63, 3.8) is 0 Å². The normalized spacial score (nSPS) is 16.7. The van der Waals surface area contributed by atoms with Crippen molar-refractivity contribution >= 4 is 11.5 Å². The summed E-state index contributed by atoms with van der Waals surface area (Å²) in [5.74, 6) is 0.270. The second kappa shape index (κ2) is 8.03. The van der Waals surface area contributed by atoms with Gasteiger partial charge in [-0.15, -0.1) is 15.3 Å². The minimum atomic E-state index is -2.69. The van der Waals surface area contributed by atoms with E-state index in [0.29, 0.717) is 11.5 Å². The van der Waals surface area contributed by atoms with Crippen LogP contribution in [0, 0.1) is 0 Å². The number of anilines is 1. The van der Waals surface area contributed by atoms with Gasteiger partial charge in [0, 0.05) is 19.1 Å². The van der Waals surface area contributed by atoms with Crippen LogP contribution in [0.2, 0.25) is 0 Å². The molecule has 25 heavy (non-hydrogen) atoms. The maximum Gasteiger partial charge on any atom is 0.299 e. The third-order valence-electron chi connectivity index (χ3n) is 4.74. The largest absolute Gasteiger partial charge is 0.351 e. The number of aromatic nitrogens is 4. The smallest absolute Gasteiger partial charge is 0.299 e. The minimum absolute atomic E-state index is 0.225. The van der Waals surface area contributed by atoms with Crippen LogP contribution in [0.25, 0.3) is 5.65 Å². The summed E-state index contributed by atoms with van der Waals surface area (Å²) in [5.41, 5.74) is 0.343. The molecule has 0 saturated carbocycles. The average molecular weight is 352 g/mol. The molecule has 0 aliphatic carbocycles. The number of nitrogens with zero attached hydrogens (tertiary/aromatic N) is 6. The number of hydrogen-bond acceptors (Lipinski definition) is 5. The molecule has 0 aromatic carbocycles. The summed E-state index contributed by atoms with van der Waals surface area (Å²) in [5, 5.41) is 11.7. The van der Waals surface area contributed by atoms with Gasteiger partial charge < -0.3 is 9.80 Å². The van der Waals surface area contributed by atoms with Crippen LogP contribution >= 0.6 is 0 Å². The van der Waals surface area contributed by atoms with Gasteiger partial charge in [-0.1, -0.05) is 12.8 Å². The van der Waals surface area contributed by atoms with E-state index in [1.54, 1.807) is 6.07 Å². The molecule has 1 aliphatic rings. The van der Waals surface area contributed by atoms with Gasteiger partial charge in [0.05, 0.1) is 0 Å². The van der Waals surface area contributed by atoms with Crippen LogP contribution in [0.1, 0.15) is 51.8 Å². The van der Waals surface area contributed by atoms with Gasteiger partial charge in [-0.25, -0.2) is 8.78 Å². The molecule has 0 bridgehead atoms. The van der Waals surface area contributed by atoms with Crippen molar-refractivity contribution in [2.75, 3.05) is 31.1 Å². The van der Waals surface area contributed by atoms with Gasteiger partial charge in [-0.3, -0.25) is 0 Å². The molecule has 0 spiro atoms. The standard InChI is InChI=1S/C17H26F2N6/c1-13(2)24(12-11-23-9-5-3-4-6-10-23)15-8-7-14-20-21-17(16(18)19)25(14)22-15/h7-8,13,16H,3-6,9-12H2,1-2H3. The molecule has 8 heteroatoms. The topological polar surface area (TPSA) is 49.6 Å². The summed E-state index contributed by atoms with van der Waals surface area (Å²) in [4.78, 5) is 4.64. The number of alkyl halides is 2. The summed E-state index contributed by atoms with van der Waals surface area (Å²) >= 11 is 0. The predicted molar refractivity (Wildman–Crippen MR) is 93.1 cm³/mol. The monoisotopic (exact) mass is 352 g/mol. The van der Waals surface area contributed by atoms with Crippen LogP contribution < -0.4 is 4.90 Å². The number of rotatable bonds is 6. The van der Waals surface area contributed by atoms with Crippen molar-refractivity contribution < 1.29 is 8.78 Å². The van der Waals surface area contributed by atoms with Gasteiger partial charge in [0.25, 0.3) is 6.43 Å². The summed E-state index contributed by atoms with van der Waals surface area (Å²) in [6.45, 7) is 8.24. The lowest BCUT2D eigenvalue weighted by Gasteiger charge is -2.30. The van der Waals surface area contributed by atoms with E-state index < -0.39 is 12.2 Å². The molecule has 6 nitrogen and oxygen atoms in total. The molecule has 3 heterocycles. The summed E-state index contributed by atoms with van der Waals surface area (Å²) in [7, 11) is 0. The molecule has 0 N–H and O–H groups in total. The Bertz CT molecular complexity index is 679. The van der Waals surface area contributed by atoms with Gasteiger partial charge in [0.15, 0.2) is 5.65 Å². The van der Waals surface area contributed by atoms with E-state index >= 15 is 0 Å². The molecule has 2 aromatic heterocycles. The predicted octanol–water partition coefficient (Wildman–Crippen LogP) is 3.15. The molecule has 1 aliphatic heterocycles. The fraction of sp³-hybridized carbons (Fsp3) is 0.706. The minimum Gasteiger partial charge on any atom is -0.351 e. The lowest BCUT2D eigenvalue weighted by atomic mass is 10.2. The van der Waals surface area contributed by atoms with Crippen LogP contribution in [0.3, 0.4) is 0 Å². The van der Waals surface area contributed by atoms with Crippen molar-refractivity contribution in [3.05, 3.63) is 18.0 Å². The maximum absolute atomic E-state index is 13.1. The Balaban J connectivity index is 1.77. The Labute approximate surface area is 146 Å². The van der Waals surface area contributed by atoms with Crippen LogP contribution in [0.4, 0.5) is 14.6 Å². The van der Waals surface area contributed by atoms with Crippen LogP contribution in [-0.4, -0.2) is 56.9 Å². The summed E-state index contributed by atoms with van der Waals surface area (Å²) in [6.07, 6.45) is 2.44. The molecule has 0 unspecified atom stereocenters. The molecular weight excluding hydrogens is 326 g/mol. The first-order valence-electron chi connectivity index (χ1n) is 9.06. The van der Waals surface area contributed by atoms with E-state index in [1.165, 1.54) is 25.7 Å². The van der Waals surface area contributed by atoms with Crippen LogP contribution in [0.15, 0.2) is 12.1 Å². The Kier molecular flexibility index (Phi) is 5.78. The zero-order chi connectivity index (χ0) is 17.8. The van der Waals surface area contributed by atoms with E-state index in [4.69, 9.17) is 0 Å². The first kappa shape index (κ1) is 18.0. The highest BCUT2D eigenvalue weighted by Crippen LogP contribution is 2.20. The van der Waals surface area contributed by atoms with E-state index in [9.17, 15) is 8.78 Å². The zero-order valence-electron chi connectivity index (χ0n) is 14.9. The van der Waals surface area contributed by atoms with Crippen molar-refractivity contribution in [2.24, 2.45) is 0 Å². The molecule has 0 radical (unpaired) electrons. The van der Waals surface area contributed by atoms with Gasteiger partial charge in [-0.05, 0) is 51.9 Å². The van der Waals surface area contributed by atoms with E-state index in [0.717, 1.165) is 30.7 Å². The highest BCUT2D eigenvalue weighted by molar-refractivity contribution is 5.46. The molecule has 0 amide bonds. The van der Waals surface area contributed by atoms with Gasteiger partial charge in [-0.2, -0.15) is 4.52 Å².